The third-order valence-electron chi connectivity index (χ3n) is 1.87. The maximum atomic E-state index is 10.7. The van der Waals surface area contributed by atoms with E-state index < -0.39 is 5.60 Å². The van der Waals surface area contributed by atoms with Crippen LogP contribution in [-0.2, 0) is 14.3 Å². The fraction of sp³-hybridized carbons (Fsp3) is 0.556. The van der Waals surface area contributed by atoms with Gasteiger partial charge in [-0.3, -0.25) is 0 Å². The molecule has 12 heavy (non-hydrogen) atoms. The Balaban J connectivity index is 2.57. The quantitative estimate of drug-likeness (QED) is 0.468. The van der Waals surface area contributed by atoms with Crippen LogP contribution >= 0.6 is 0 Å². The predicted molar refractivity (Wildman–Crippen MR) is 43.5 cm³/mol. The van der Waals surface area contributed by atoms with E-state index in [-0.39, 0.29) is 11.9 Å². The van der Waals surface area contributed by atoms with Crippen molar-refractivity contribution in [2.24, 2.45) is 5.92 Å². The molecule has 0 amide bonds. The van der Waals surface area contributed by atoms with Gasteiger partial charge >= 0.3 is 5.97 Å². The van der Waals surface area contributed by atoms with E-state index in [0.29, 0.717) is 6.42 Å². The Bertz CT molecular complexity index is 232. The van der Waals surface area contributed by atoms with Crippen LogP contribution in [0.2, 0.25) is 0 Å². The van der Waals surface area contributed by atoms with Gasteiger partial charge in [0.15, 0.2) is 0 Å². The summed E-state index contributed by atoms with van der Waals surface area (Å²) in [6.07, 6.45) is 4.52. The number of esters is 1. The molecule has 0 bridgehead atoms. The summed E-state index contributed by atoms with van der Waals surface area (Å²) in [5.74, 6) is -0.402. The molecule has 0 aliphatic carbocycles. The lowest BCUT2D eigenvalue weighted by Gasteiger charge is -2.22. The zero-order valence-corrected chi connectivity index (χ0v) is 7.24. The highest BCUT2D eigenvalue weighted by Crippen LogP contribution is 2.26. The summed E-state index contributed by atoms with van der Waals surface area (Å²) in [5.41, 5.74) is -0.572. The topological polar surface area (TPSA) is 43.4 Å². The minimum atomic E-state index is -0.572. The van der Waals surface area contributed by atoms with Gasteiger partial charge in [-0.1, -0.05) is 6.92 Å². The minimum absolute atomic E-state index is 0.0782. The van der Waals surface area contributed by atoms with E-state index in [2.05, 4.69) is 0 Å². The minimum Gasteiger partial charge on any atom is -0.452 e. The largest absolute Gasteiger partial charge is 0.452 e. The van der Waals surface area contributed by atoms with E-state index in [1.807, 2.05) is 0 Å². The van der Waals surface area contributed by atoms with Gasteiger partial charge in [0.1, 0.15) is 11.9 Å². The fourth-order valence-corrected chi connectivity index (χ4v) is 1.34. The highest BCUT2D eigenvalue weighted by Gasteiger charge is 2.31. The average molecular weight is 168 g/mol. The Labute approximate surface area is 71.4 Å². The van der Waals surface area contributed by atoms with E-state index >= 15 is 0 Å². The van der Waals surface area contributed by atoms with Gasteiger partial charge in [0, 0.05) is 12.0 Å². The molecule has 2 atom stereocenters. The lowest BCUT2D eigenvalue weighted by molar-refractivity contribution is -0.145. The van der Waals surface area contributed by atoms with Crippen LogP contribution in [0.4, 0.5) is 0 Å². The molecule has 1 aliphatic heterocycles. The van der Waals surface area contributed by atoms with Gasteiger partial charge in [-0.05, 0) is 19.4 Å². The molecule has 0 aromatic carbocycles. The first-order chi connectivity index (χ1) is 5.56. The zero-order chi connectivity index (χ0) is 9.19. The number of rotatable bonds is 3. The van der Waals surface area contributed by atoms with Gasteiger partial charge in [-0.15, -0.1) is 0 Å². The fourth-order valence-electron chi connectivity index (χ4n) is 1.34. The molecular formula is C9H12O3. The summed E-state index contributed by atoms with van der Waals surface area (Å²) in [4.78, 5) is 21.1. The molecule has 3 heteroatoms. The number of carbonyl (C=O) groups excluding carboxylic acids is 2. The smallest absolute Gasteiger partial charge is 0.331 e. The van der Waals surface area contributed by atoms with Crippen molar-refractivity contribution in [1.82, 2.24) is 0 Å². The highest BCUT2D eigenvalue weighted by atomic mass is 16.6. The summed E-state index contributed by atoms with van der Waals surface area (Å²) >= 11 is 0. The molecular weight excluding hydrogens is 156 g/mol. The molecule has 1 rings (SSSR count). The van der Waals surface area contributed by atoms with Gasteiger partial charge < -0.3 is 9.53 Å². The Hall–Kier alpha value is -1.12. The van der Waals surface area contributed by atoms with Crippen LogP contribution in [0, 0.1) is 5.92 Å². The van der Waals surface area contributed by atoms with Gasteiger partial charge in [-0.2, -0.15) is 0 Å². The van der Waals surface area contributed by atoms with Gasteiger partial charge in [-0.25, -0.2) is 4.79 Å². The van der Waals surface area contributed by atoms with Crippen molar-refractivity contribution in [1.29, 1.82) is 0 Å². The van der Waals surface area contributed by atoms with Crippen LogP contribution in [0.25, 0.3) is 0 Å². The second kappa shape index (κ2) is 3.09. The van der Waals surface area contributed by atoms with E-state index in [1.54, 1.807) is 19.9 Å². The molecule has 0 radical (unpaired) electrons. The van der Waals surface area contributed by atoms with Crippen LogP contribution in [-0.4, -0.2) is 17.9 Å². The first-order valence-electron chi connectivity index (χ1n) is 3.93. The first kappa shape index (κ1) is 8.97. The Morgan fingerprint density at radius 2 is 2.42 bits per heavy atom. The molecule has 0 saturated heterocycles. The number of carbonyl (C=O) groups is 2. The normalized spacial score (nSPS) is 30.0. The Kier molecular flexibility index (Phi) is 2.31. The maximum absolute atomic E-state index is 10.7. The number of ether oxygens (including phenoxy) is 1. The van der Waals surface area contributed by atoms with Crippen molar-refractivity contribution in [3.05, 3.63) is 12.2 Å². The number of aldehydes is 1. The van der Waals surface area contributed by atoms with Crippen LogP contribution in [0.15, 0.2) is 12.2 Å². The number of hydrogen-bond donors (Lipinski definition) is 0. The van der Waals surface area contributed by atoms with E-state index in [0.717, 1.165) is 6.29 Å². The predicted octanol–water partition coefficient (Wildman–Crippen LogP) is 1.08. The van der Waals surface area contributed by atoms with Crippen molar-refractivity contribution < 1.29 is 14.3 Å². The lowest BCUT2D eigenvalue weighted by Crippen LogP contribution is -2.26. The molecule has 0 aromatic rings. The van der Waals surface area contributed by atoms with Gasteiger partial charge in [0.25, 0.3) is 0 Å². The molecule has 0 saturated carbocycles. The molecule has 0 unspecified atom stereocenters. The number of hydrogen-bond acceptors (Lipinski definition) is 3. The molecule has 1 heterocycles. The second-order valence-electron chi connectivity index (χ2n) is 3.38. The Morgan fingerprint density at radius 3 is 2.83 bits per heavy atom. The molecule has 0 aromatic heterocycles. The van der Waals surface area contributed by atoms with Gasteiger partial charge in [0.05, 0.1) is 0 Å². The summed E-state index contributed by atoms with van der Waals surface area (Å²) in [6.45, 7) is 3.60. The molecule has 0 fully saturated rings. The monoisotopic (exact) mass is 168 g/mol. The molecule has 66 valence electrons. The van der Waals surface area contributed by atoms with Crippen LogP contribution in [0.5, 0.6) is 0 Å². The summed E-state index contributed by atoms with van der Waals surface area (Å²) in [5, 5.41) is 0. The first-order valence-corrected chi connectivity index (χ1v) is 3.93. The summed E-state index contributed by atoms with van der Waals surface area (Å²) in [6, 6.07) is 0. The van der Waals surface area contributed by atoms with Crippen molar-refractivity contribution in [3.8, 4) is 0 Å². The van der Waals surface area contributed by atoms with E-state index in [1.165, 1.54) is 6.08 Å². The lowest BCUT2D eigenvalue weighted by atomic mass is 9.94. The second-order valence-corrected chi connectivity index (χ2v) is 3.38. The summed E-state index contributed by atoms with van der Waals surface area (Å²) in [7, 11) is 0. The van der Waals surface area contributed by atoms with E-state index in [9.17, 15) is 9.59 Å². The Morgan fingerprint density at radius 1 is 1.75 bits per heavy atom. The SMILES string of the molecule is C[C@@H](C=O)C[C@@]1(C)C=CC(=O)O1. The van der Waals surface area contributed by atoms with Crippen molar-refractivity contribution in [2.45, 2.75) is 25.9 Å². The van der Waals surface area contributed by atoms with E-state index in [4.69, 9.17) is 4.74 Å². The van der Waals surface area contributed by atoms with Crippen LogP contribution < -0.4 is 0 Å². The molecule has 0 N–H and O–H groups in total. The standard InChI is InChI=1S/C9H12O3/c1-7(6-10)5-9(2)4-3-8(11)12-9/h3-4,6-7H,5H2,1-2H3/t7-,9-/m1/s1. The maximum Gasteiger partial charge on any atom is 0.331 e. The van der Waals surface area contributed by atoms with Crippen LogP contribution in [0.3, 0.4) is 0 Å². The summed E-state index contributed by atoms with van der Waals surface area (Å²) < 4.78 is 5.01. The van der Waals surface area contributed by atoms with Gasteiger partial charge in [0.2, 0.25) is 0 Å². The average Bonchev–Trinajstić information content (AvgIpc) is 2.30. The van der Waals surface area contributed by atoms with Crippen molar-refractivity contribution in [3.63, 3.8) is 0 Å². The van der Waals surface area contributed by atoms with Crippen LogP contribution in [0.1, 0.15) is 20.3 Å². The zero-order valence-electron chi connectivity index (χ0n) is 7.24. The van der Waals surface area contributed by atoms with Crippen molar-refractivity contribution >= 4 is 12.3 Å². The highest BCUT2D eigenvalue weighted by molar-refractivity contribution is 5.85. The van der Waals surface area contributed by atoms with Crippen molar-refractivity contribution in [2.75, 3.05) is 0 Å². The molecule has 1 aliphatic rings. The number of cyclic esters (lactones) is 1. The molecule has 3 nitrogen and oxygen atoms in total. The third-order valence-corrected chi connectivity index (χ3v) is 1.87. The molecule has 0 spiro atoms. The third kappa shape index (κ3) is 1.94.